The van der Waals surface area contributed by atoms with Crippen LogP contribution in [0.5, 0.6) is 0 Å². The summed E-state index contributed by atoms with van der Waals surface area (Å²) >= 11 is 0. The Labute approximate surface area is 227 Å². The number of hydrogen-bond donors (Lipinski definition) is 0. The third-order valence-corrected chi connectivity index (χ3v) is 8.47. The Kier molecular flexibility index (Phi) is 11.8. The summed E-state index contributed by atoms with van der Waals surface area (Å²) in [7, 11) is 0. The molecule has 1 aromatic rings. The number of Topliss-reactive ketones (excluding diaryl/α,β-unsaturated/α-hetero) is 3. The number of rotatable bonds is 14. The van der Waals surface area contributed by atoms with Gasteiger partial charge in [0.25, 0.3) is 0 Å². The van der Waals surface area contributed by atoms with Crippen molar-refractivity contribution in [3.8, 4) is 0 Å². The van der Waals surface area contributed by atoms with E-state index in [-0.39, 0.29) is 35.7 Å². The van der Waals surface area contributed by atoms with Gasteiger partial charge in [-0.25, -0.2) is 0 Å². The second-order valence-corrected chi connectivity index (χ2v) is 13.4. The monoisotopic (exact) mass is 510 g/mol. The number of aryl methyl sites for hydroxylation is 1. The Morgan fingerprint density at radius 1 is 1.08 bits per heavy atom. The van der Waals surface area contributed by atoms with E-state index in [2.05, 4.69) is 61.5 Å². The fourth-order valence-corrected chi connectivity index (χ4v) is 6.63. The minimum atomic E-state index is -0.0814. The summed E-state index contributed by atoms with van der Waals surface area (Å²) in [5.74, 6) is 1.14. The van der Waals surface area contributed by atoms with Crippen molar-refractivity contribution in [1.82, 2.24) is 0 Å². The molecule has 0 fully saturated rings. The molecule has 0 N–H and O–H groups in total. The van der Waals surface area contributed by atoms with Crippen molar-refractivity contribution in [2.75, 3.05) is 0 Å². The maximum absolute atomic E-state index is 13.7. The maximum atomic E-state index is 13.7. The minimum absolute atomic E-state index is 0.0420. The molecule has 0 saturated heterocycles. The SMILES string of the molecule is CCCC(CC1CC(=O)c2c(C)c(CCCCC(C)(C)C)cc(C(C)C)c2C1)C(CC)C(=O)CC(C)=O. The van der Waals surface area contributed by atoms with Crippen LogP contribution in [0, 0.1) is 30.1 Å². The fraction of sp³-hybridized carbons (Fsp3) is 0.735. The summed E-state index contributed by atoms with van der Waals surface area (Å²) in [5.41, 5.74) is 6.53. The van der Waals surface area contributed by atoms with E-state index in [4.69, 9.17) is 0 Å². The topological polar surface area (TPSA) is 51.2 Å². The van der Waals surface area contributed by atoms with Crippen LogP contribution >= 0.6 is 0 Å². The number of hydrogen-bond acceptors (Lipinski definition) is 3. The molecule has 1 aromatic carbocycles. The zero-order valence-corrected chi connectivity index (χ0v) is 25.4. The van der Waals surface area contributed by atoms with E-state index >= 15 is 0 Å². The molecule has 0 heterocycles. The second-order valence-electron chi connectivity index (χ2n) is 13.4. The van der Waals surface area contributed by atoms with Gasteiger partial charge in [-0.1, -0.05) is 73.8 Å². The summed E-state index contributed by atoms with van der Waals surface area (Å²) in [5, 5.41) is 0. The molecule has 0 spiro atoms. The molecule has 3 unspecified atom stereocenters. The van der Waals surface area contributed by atoms with Crippen molar-refractivity contribution in [3.05, 3.63) is 33.9 Å². The van der Waals surface area contributed by atoms with Crippen LogP contribution in [0.3, 0.4) is 0 Å². The number of carbonyl (C=O) groups is 3. The van der Waals surface area contributed by atoms with Gasteiger partial charge in [-0.2, -0.15) is 0 Å². The highest BCUT2D eigenvalue weighted by Gasteiger charge is 2.34. The highest BCUT2D eigenvalue weighted by atomic mass is 16.1. The molecule has 0 aliphatic heterocycles. The molecule has 3 atom stereocenters. The summed E-state index contributed by atoms with van der Waals surface area (Å²) in [6.45, 7) is 19.3. The quantitative estimate of drug-likeness (QED) is 0.185. The lowest BCUT2D eigenvalue weighted by atomic mass is 9.70. The third kappa shape index (κ3) is 8.89. The molecular weight excluding hydrogens is 456 g/mol. The van der Waals surface area contributed by atoms with Crippen LogP contribution in [0.2, 0.25) is 0 Å². The average molecular weight is 511 g/mol. The van der Waals surface area contributed by atoms with Crippen molar-refractivity contribution in [2.24, 2.45) is 23.2 Å². The molecule has 208 valence electrons. The van der Waals surface area contributed by atoms with Gasteiger partial charge in [0.05, 0.1) is 6.42 Å². The zero-order valence-electron chi connectivity index (χ0n) is 25.4. The van der Waals surface area contributed by atoms with Crippen LogP contribution in [0.25, 0.3) is 0 Å². The molecular formula is C34H54O3. The second kappa shape index (κ2) is 13.9. The normalized spacial score (nSPS) is 17.6. The van der Waals surface area contributed by atoms with Gasteiger partial charge in [-0.3, -0.25) is 14.4 Å². The zero-order chi connectivity index (χ0) is 27.9. The molecule has 1 aliphatic rings. The van der Waals surface area contributed by atoms with E-state index in [1.165, 1.54) is 42.0 Å². The van der Waals surface area contributed by atoms with E-state index < -0.39 is 0 Å². The standard InChI is InChI=1S/C34H54O3/c1-10-14-27(28(11-2)31(36)17-23(5)35)18-25-19-30-29(22(3)4)21-26(15-12-13-16-34(7,8)9)24(6)33(30)32(37)20-25/h21-22,25,27-28H,10-20H2,1-9H3. The van der Waals surface area contributed by atoms with Crippen LogP contribution in [0.15, 0.2) is 6.07 Å². The predicted octanol–water partition coefficient (Wildman–Crippen LogP) is 9.00. The van der Waals surface area contributed by atoms with E-state index in [0.29, 0.717) is 23.5 Å². The Balaban J connectivity index is 2.30. The summed E-state index contributed by atoms with van der Waals surface area (Å²) in [6.07, 6.45) is 9.85. The molecule has 0 bridgehead atoms. The number of unbranched alkanes of at least 4 members (excludes halogenated alkanes) is 1. The summed E-state index contributed by atoms with van der Waals surface area (Å²) in [4.78, 5) is 38.2. The first kappa shape index (κ1) is 31.4. The lowest BCUT2D eigenvalue weighted by molar-refractivity contribution is -0.129. The van der Waals surface area contributed by atoms with E-state index in [0.717, 1.165) is 50.5 Å². The van der Waals surface area contributed by atoms with E-state index in [1.54, 1.807) is 0 Å². The molecule has 3 heteroatoms. The summed E-state index contributed by atoms with van der Waals surface area (Å²) < 4.78 is 0. The van der Waals surface area contributed by atoms with E-state index in [1.807, 2.05) is 0 Å². The fourth-order valence-electron chi connectivity index (χ4n) is 6.63. The van der Waals surface area contributed by atoms with Gasteiger partial charge in [0.2, 0.25) is 0 Å². The number of ketones is 3. The van der Waals surface area contributed by atoms with Gasteiger partial charge < -0.3 is 0 Å². The molecule has 0 radical (unpaired) electrons. The maximum Gasteiger partial charge on any atom is 0.163 e. The van der Waals surface area contributed by atoms with Crippen LogP contribution in [-0.4, -0.2) is 17.3 Å². The first-order valence-corrected chi connectivity index (χ1v) is 15.0. The molecule has 1 aliphatic carbocycles. The van der Waals surface area contributed by atoms with Crippen molar-refractivity contribution < 1.29 is 14.4 Å². The Hall–Kier alpha value is -1.77. The third-order valence-electron chi connectivity index (χ3n) is 8.47. The van der Waals surface area contributed by atoms with Crippen LogP contribution in [0.1, 0.15) is 152 Å². The Morgan fingerprint density at radius 3 is 2.30 bits per heavy atom. The molecule has 37 heavy (non-hydrogen) atoms. The van der Waals surface area contributed by atoms with Gasteiger partial charge in [-0.15, -0.1) is 0 Å². The Morgan fingerprint density at radius 2 is 1.76 bits per heavy atom. The molecule has 3 nitrogen and oxygen atoms in total. The predicted molar refractivity (Wildman–Crippen MR) is 156 cm³/mol. The van der Waals surface area contributed by atoms with Crippen molar-refractivity contribution >= 4 is 17.3 Å². The first-order valence-electron chi connectivity index (χ1n) is 15.0. The molecule has 2 rings (SSSR count). The smallest absolute Gasteiger partial charge is 0.163 e. The number of carbonyl (C=O) groups excluding carboxylic acids is 3. The first-order chi connectivity index (χ1) is 17.3. The molecule has 0 aromatic heterocycles. The minimum Gasteiger partial charge on any atom is -0.300 e. The van der Waals surface area contributed by atoms with Gasteiger partial charge >= 0.3 is 0 Å². The van der Waals surface area contributed by atoms with Crippen LogP contribution < -0.4 is 0 Å². The molecule has 0 amide bonds. The van der Waals surface area contributed by atoms with Gasteiger partial charge in [0.1, 0.15) is 11.6 Å². The lowest BCUT2D eigenvalue weighted by Crippen LogP contribution is -2.30. The highest BCUT2D eigenvalue weighted by Crippen LogP contribution is 2.40. The number of benzene rings is 1. The summed E-state index contributed by atoms with van der Waals surface area (Å²) in [6, 6.07) is 2.40. The van der Waals surface area contributed by atoms with Gasteiger partial charge in [-0.05, 0) is 97.8 Å². The largest absolute Gasteiger partial charge is 0.300 e. The average Bonchev–Trinajstić information content (AvgIpc) is 2.76. The van der Waals surface area contributed by atoms with Crippen LogP contribution in [0.4, 0.5) is 0 Å². The van der Waals surface area contributed by atoms with Gasteiger partial charge in [0.15, 0.2) is 5.78 Å². The van der Waals surface area contributed by atoms with Crippen molar-refractivity contribution in [2.45, 2.75) is 139 Å². The highest BCUT2D eigenvalue weighted by molar-refractivity contribution is 6.01. The van der Waals surface area contributed by atoms with Crippen molar-refractivity contribution in [1.29, 1.82) is 0 Å². The van der Waals surface area contributed by atoms with Crippen LogP contribution in [-0.2, 0) is 22.4 Å². The Bertz CT molecular complexity index is 947. The van der Waals surface area contributed by atoms with Gasteiger partial charge in [0, 0.05) is 17.9 Å². The number of fused-ring (bicyclic) bond motifs is 1. The lowest BCUT2D eigenvalue weighted by Gasteiger charge is -2.33. The van der Waals surface area contributed by atoms with Crippen molar-refractivity contribution in [3.63, 3.8) is 0 Å². The van der Waals surface area contributed by atoms with E-state index in [9.17, 15) is 14.4 Å². The molecule has 0 saturated carbocycles.